The fourth-order valence-corrected chi connectivity index (χ4v) is 3.66. The van der Waals surface area contributed by atoms with Crippen molar-refractivity contribution in [3.05, 3.63) is 83.7 Å². The van der Waals surface area contributed by atoms with Gasteiger partial charge in [0.05, 0.1) is 30.9 Å². The van der Waals surface area contributed by atoms with Gasteiger partial charge in [-0.15, -0.1) is 0 Å². The number of aromatic hydroxyl groups is 1. The van der Waals surface area contributed by atoms with E-state index in [-0.39, 0.29) is 28.3 Å². The van der Waals surface area contributed by atoms with Gasteiger partial charge in [-0.2, -0.15) is 0 Å². The number of esters is 1. The summed E-state index contributed by atoms with van der Waals surface area (Å²) >= 11 is 0. The molecule has 0 saturated heterocycles. The van der Waals surface area contributed by atoms with Crippen molar-refractivity contribution in [1.82, 2.24) is 4.40 Å². The minimum atomic E-state index is -0.627. The average molecular weight is 416 g/mol. The summed E-state index contributed by atoms with van der Waals surface area (Å²) in [5, 5.41) is 10.0. The summed E-state index contributed by atoms with van der Waals surface area (Å²) in [6, 6.07) is 16.6. The summed E-state index contributed by atoms with van der Waals surface area (Å²) in [6.07, 6.45) is 1.76. The maximum atomic E-state index is 13.7. The Morgan fingerprint density at radius 1 is 1.00 bits per heavy atom. The summed E-state index contributed by atoms with van der Waals surface area (Å²) in [5.74, 6) is -0.405. The molecule has 4 aromatic rings. The van der Waals surface area contributed by atoms with Crippen molar-refractivity contribution in [2.45, 2.75) is 0 Å². The Hall–Kier alpha value is -4.26. The molecule has 0 bridgehead atoms. The number of anilines is 1. The number of hydrogen-bond acceptors (Lipinski definition) is 6. The summed E-state index contributed by atoms with van der Waals surface area (Å²) in [7, 11) is 2.78. The van der Waals surface area contributed by atoms with Crippen LogP contribution in [0.25, 0.3) is 16.6 Å². The second-order valence-electron chi connectivity index (χ2n) is 6.89. The van der Waals surface area contributed by atoms with Crippen LogP contribution >= 0.6 is 0 Å². The lowest BCUT2D eigenvalue weighted by molar-refractivity contribution is 0.0602. The van der Waals surface area contributed by atoms with Crippen LogP contribution in [0.2, 0.25) is 0 Å². The van der Waals surface area contributed by atoms with Crippen LogP contribution in [-0.4, -0.2) is 35.5 Å². The number of fused-ring (bicyclic) bond motifs is 1. The number of hydrogen-bond donors (Lipinski definition) is 2. The third kappa shape index (κ3) is 3.36. The highest BCUT2D eigenvalue weighted by atomic mass is 16.5. The van der Waals surface area contributed by atoms with Gasteiger partial charge in [0.1, 0.15) is 11.4 Å². The highest BCUT2D eigenvalue weighted by Crippen LogP contribution is 2.41. The van der Waals surface area contributed by atoms with Gasteiger partial charge in [0.25, 0.3) is 0 Å². The predicted octanol–water partition coefficient (Wildman–Crippen LogP) is 3.92. The topological polar surface area (TPSA) is 103 Å². The molecule has 4 rings (SSSR count). The molecule has 0 aliphatic carbocycles. The van der Waals surface area contributed by atoms with Gasteiger partial charge >= 0.3 is 5.97 Å². The first-order valence-corrected chi connectivity index (χ1v) is 9.45. The van der Waals surface area contributed by atoms with Gasteiger partial charge in [0.2, 0.25) is 5.78 Å². The smallest absolute Gasteiger partial charge is 0.339 e. The number of aromatic nitrogens is 1. The van der Waals surface area contributed by atoms with Crippen LogP contribution in [0.1, 0.15) is 26.4 Å². The number of nitrogen functional groups attached to an aromatic ring is 1. The molecule has 2 aromatic heterocycles. The van der Waals surface area contributed by atoms with Gasteiger partial charge in [-0.3, -0.25) is 4.79 Å². The second kappa shape index (κ2) is 7.87. The summed E-state index contributed by atoms with van der Waals surface area (Å²) < 4.78 is 12.2. The van der Waals surface area contributed by atoms with Gasteiger partial charge in [-0.25, -0.2) is 4.79 Å². The monoisotopic (exact) mass is 416 g/mol. The molecule has 0 saturated carbocycles. The lowest BCUT2D eigenvalue weighted by Crippen LogP contribution is -2.11. The van der Waals surface area contributed by atoms with Crippen LogP contribution in [-0.2, 0) is 4.74 Å². The Morgan fingerprint density at radius 3 is 2.52 bits per heavy atom. The number of nitrogens with two attached hydrogens (primary N) is 1. The Balaban J connectivity index is 2.01. The Bertz CT molecular complexity index is 1320. The van der Waals surface area contributed by atoms with E-state index in [2.05, 4.69) is 0 Å². The summed E-state index contributed by atoms with van der Waals surface area (Å²) in [5.41, 5.74) is 8.66. The number of pyridine rings is 1. The molecule has 0 atom stereocenters. The van der Waals surface area contributed by atoms with Crippen LogP contribution in [0.15, 0.2) is 66.9 Å². The lowest BCUT2D eigenvalue weighted by atomic mass is 9.98. The van der Waals surface area contributed by atoms with E-state index in [9.17, 15) is 14.7 Å². The van der Waals surface area contributed by atoms with E-state index in [0.717, 1.165) is 0 Å². The third-order valence-corrected chi connectivity index (χ3v) is 5.07. The number of ether oxygens (including phenoxy) is 2. The number of phenolic OH excluding ortho intramolecular Hbond substituents is 1. The molecule has 0 aliphatic rings. The third-order valence-electron chi connectivity index (χ3n) is 5.07. The zero-order valence-corrected chi connectivity index (χ0v) is 17.0. The molecule has 2 aromatic carbocycles. The van der Waals surface area contributed by atoms with Crippen LogP contribution in [0, 0.1) is 0 Å². The van der Waals surface area contributed by atoms with Crippen LogP contribution < -0.4 is 10.5 Å². The van der Waals surface area contributed by atoms with Gasteiger partial charge in [-0.05, 0) is 48.0 Å². The van der Waals surface area contributed by atoms with Crippen molar-refractivity contribution < 1.29 is 24.2 Å². The van der Waals surface area contributed by atoms with Crippen molar-refractivity contribution >= 4 is 23.0 Å². The van der Waals surface area contributed by atoms with Gasteiger partial charge < -0.3 is 24.7 Å². The predicted molar refractivity (Wildman–Crippen MR) is 117 cm³/mol. The number of carbonyl (C=O) groups is 2. The number of carbonyl (C=O) groups excluding carboxylic acids is 2. The summed E-state index contributed by atoms with van der Waals surface area (Å²) in [4.78, 5) is 25.8. The molecule has 0 fully saturated rings. The largest absolute Gasteiger partial charge is 0.508 e. The molecule has 0 spiro atoms. The maximum absolute atomic E-state index is 13.7. The Kier molecular flexibility index (Phi) is 5.09. The normalized spacial score (nSPS) is 10.8. The molecule has 3 N–H and O–H groups in total. The summed E-state index contributed by atoms with van der Waals surface area (Å²) in [6.45, 7) is 0. The number of phenols is 1. The van der Waals surface area contributed by atoms with E-state index >= 15 is 0 Å². The number of ketones is 1. The van der Waals surface area contributed by atoms with Gasteiger partial charge in [-0.1, -0.05) is 18.2 Å². The van der Waals surface area contributed by atoms with Crippen molar-refractivity contribution in [3.8, 4) is 22.6 Å². The number of methoxy groups -OCH3 is 2. The molecule has 31 heavy (non-hydrogen) atoms. The second-order valence-corrected chi connectivity index (χ2v) is 6.89. The fourth-order valence-electron chi connectivity index (χ4n) is 3.66. The van der Waals surface area contributed by atoms with Crippen molar-refractivity contribution in [2.24, 2.45) is 0 Å². The molecule has 0 radical (unpaired) electrons. The van der Waals surface area contributed by atoms with Gasteiger partial charge in [0.15, 0.2) is 5.75 Å². The quantitative estimate of drug-likeness (QED) is 0.290. The maximum Gasteiger partial charge on any atom is 0.339 e. The zero-order valence-electron chi connectivity index (χ0n) is 17.0. The molecule has 0 amide bonds. The number of nitrogens with zero attached hydrogens (tertiary/aromatic N) is 1. The van der Waals surface area contributed by atoms with E-state index in [1.54, 1.807) is 47.0 Å². The van der Waals surface area contributed by atoms with Gasteiger partial charge in [0, 0.05) is 17.4 Å². The standard InChI is InChI=1S/C24H20N2O5/c1-30-23-19-8-3-4-11-26(19)21(20(23)14-6-5-7-16(27)12-14)22(28)15-9-10-18(25)17(13-15)24(29)31-2/h3-13,27H,25H2,1-2H3. The van der Waals surface area contributed by atoms with Crippen molar-refractivity contribution in [3.63, 3.8) is 0 Å². The molecule has 156 valence electrons. The average Bonchev–Trinajstić information content (AvgIpc) is 3.12. The highest BCUT2D eigenvalue weighted by molar-refractivity contribution is 6.15. The van der Waals surface area contributed by atoms with Crippen molar-refractivity contribution in [1.29, 1.82) is 0 Å². The first-order chi connectivity index (χ1) is 15.0. The van der Waals surface area contributed by atoms with E-state index < -0.39 is 5.97 Å². The fraction of sp³-hybridized carbons (Fsp3) is 0.0833. The molecule has 0 aliphatic heterocycles. The van der Waals surface area contributed by atoms with Crippen molar-refractivity contribution in [2.75, 3.05) is 20.0 Å². The minimum absolute atomic E-state index is 0.0636. The van der Waals surface area contributed by atoms with Crippen LogP contribution in [0.3, 0.4) is 0 Å². The number of benzene rings is 2. The first-order valence-electron chi connectivity index (χ1n) is 9.45. The SMILES string of the molecule is COC(=O)c1cc(C(=O)c2c(-c3cccc(O)c3)c(OC)c3ccccn23)ccc1N. The van der Waals surface area contributed by atoms with E-state index in [1.807, 2.05) is 12.1 Å². The lowest BCUT2D eigenvalue weighted by Gasteiger charge is -2.10. The molecular formula is C24H20N2O5. The van der Waals surface area contributed by atoms with E-state index in [1.165, 1.54) is 26.4 Å². The number of rotatable bonds is 5. The molecule has 7 nitrogen and oxygen atoms in total. The van der Waals surface area contributed by atoms with E-state index in [4.69, 9.17) is 15.2 Å². The molecule has 2 heterocycles. The minimum Gasteiger partial charge on any atom is -0.508 e. The zero-order chi connectivity index (χ0) is 22.1. The van der Waals surface area contributed by atoms with Crippen LogP contribution in [0.4, 0.5) is 5.69 Å². The first kappa shape index (κ1) is 20.0. The van der Waals surface area contributed by atoms with E-state index in [0.29, 0.717) is 28.1 Å². The Labute approximate surface area is 178 Å². The Morgan fingerprint density at radius 2 is 1.81 bits per heavy atom. The molecular weight excluding hydrogens is 396 g/mol. The van der Waals surface area contributed by atoms with Crippen LogP contribution in [0.5, 0.6) is 11.5 Å². The molecule has 0 unspecified atom stereocenters. The molecule has 7 heteroatoms. The highest BCUT2D eigenvalue weighted by Gasteiger charge is 2.27.